The lowest BCUT2D eigenvalue weighted by Crippen LogP contribution is -2.32. The van der Waals surface area contributed by atoms with E-state index in [1.807, 2.05) is 36.0 Å². The van der Waals surface area contributed by atoms with Gasteiger partial charge >= 0.3 is 5.97 Å². The average Bonchev–Trinajstić information content (AvgIpc) is 2.49. The number of carboxylic acid groups (broad SMARTS) is 1. The van der Waals surface area contributed by atoms with E-state index >= 15 is 0 Å². The molecule has 0 amide bonds. The van der Waals surface area contributed by atoms with Gasteiger partial charge in [0.25, 0.3) is 0 Å². The van der Waals surface area contributed by atoms with Gasteiger partial charge in [0, 0.05) is 4.90 Å². The third kappa shape index (κ3) is 4.34. The largest absolute Gasteiger partial charge is 0.480 e. The minimum Gasteiger partial charge on any atom is -0.480 e. The topological polar surface area (TPSA) is 63.3 Å². The Kier molecular flexibility index (Phi) is 5.42. The van der Waals surface area contributed by atoms with E-state index in [2.05, 4.69) is 31.2 Å². The standard InChI is InChI=1S/C17H19NO2S/c1-2-21-15-9-7-14(8-10-15)13-5-3-12(4-6-13)11-16(18)17(19)20/h3-10,16H,2,11,18H2,1H3,(H,19,20). The fourth-order valence-corrected chi connectivity index (χ4v) is 2.75. The van der Waals surface area contributed by atoms with Crippen molar-refractivity contribution in [3.8, 4) is 11.1 Å². The van der Waals surface area contributed by atoms with Crippen molar-refractivity contribution in [1.82, 2.24) is 0 Å². The summed E-state index contributed by atoms with van der Waals surface area (Å²) in [5, 5.41) is 8.82. The van der Waals surface area contributed by atoms with Crippen LogP contribution in [0.25, 0.3) is 11.1 Å². The van der Waals surface area contributed by atoms with Gasteiger partial charge in [-0.3, -0.25) is 4.79 Å². The molecule has 0 radical (unpaired) electrons. The minimum absolute atomic E-state index is 0.349. The molecule has 1 atom stereocenters. The normalized spacial score (nSPS) is 12.1. The fourth-order valence-electron chi connectivity index (χ4n) is 2.08. The summed E-state index contributed by atoms with van der Waals surface area (Å²) in [7, 11) is 0. The SMILES string of the molecule is CCSc1ccc(-c2ccc(CC(N)C(=O)O)cc2)cc1. The van der Waals surface area contributed by atoms with Crippen molar-refractivity contribution in [2.45, 2.75) is 24.3 Å². The fraction of sp³-hybridized carbons (Fsp3) is 0.235. The van der Waals surface area contributed by atoms with E-state index in [1.54, 1.807) is 0 Å². The molecule has 2 aromatic carbocycles. The van der Waals surface area contributed by atoms with Crippen LogP contribution in [0.3, 0.4) is 0 Å². The molecule has 0 fully saturated rings. The summed E-state index contributed by atoms with van der Waals surface area (Å²) in [5.74, 6) is 0.0980. The zero-order valence-electron chi connectivity index (χ0n) is 12.0. The molecular formula is C17H19NO2S. The molecule has 0 aromatic heterocycles. The Labute approximate surface area is 129 Å². The molecule has 0 aliphatic heterocycles. The second-order valence-electron chi connectivity index (χ2n) is 4.80. The summed E-state index contributed by atoms with van der Waals surface area (Å²) in [6.07, 6.45) is 0.349. The Morgan fingerprint density at radius 1 is 1.10 bits per heavy atom. The first-order chi connectivity index (χ1) is 10.1. The summed E-state index contributed by atoms with van der Waals surface area (Å²) < 4.78 is 0. The summed E-state index contributed by atoms with van der Waals surface area (Å²) in [4.78, 5) is 12.0. The van der Waals surface area contributed by atoms with E-state index in [0.717, 1.165) is 22.4 Å². The molecule has 0 aliphatic rings. The first-order valence-corrected chi connectivity index (χ1v) is 7.89. The molecule has 1 unspecified atom stereocenters. The third-order valence-corrected chi connectivity index (χ3v) is 4.12. The van der Waals surface area contributed by atoms with Gasteiger partial charge < -0.3 is 10.8 Å². The van der Waals surface area contributed by atoms with E-state index in [1.165, 1.54) is 4.90 Å². The first-order valence-electron chi connectivity index (χ1n) is 6.90. The molecule has 4 heteroatoms. The number of hydrogen-bond acceptors (Lipinski definition) is 3. The van der Waals surface area contributed by atoms with Crippen LogP contribution in [0.1, 0.15) is 12.5 Å². The van der Waals surface area contributed by atoms with Crippen LogP contribution in [0.2, 0.25) is 0 Å². The summed E-state index contributed by atoms with van der Waals surface area (Å²) in [5.41, 5.74) is 8.76. The first kappa shape index (κ1) is 15.6. The molecule has 0 spiro atoms. The van der Waals surface area contributed by atoms with Crippen molar-refractivity contribution in [1.29, 1.82) is 0 Å². The van der Waals surface area contributed by atoms with Crippen LogP contribution in [-0.2, 0) is 11.2 Å². The van der Waals surface area contributed by atoms with Crippen LogP contribution in [0.15, 0.2) is 53.4 Å². The highest BCUT2D eigenvalue weighted by atomic mass is 32.2. The maximum atomic E-state index is 10.8. The number of aliphatic carboxylic acids is 1. The van der Waals surface area contributed by atoms with E-state index in [-0.39, 0.29) is 0 Å². The molecule has 0 aliphatic carbocycles. The van der Waals surface area contributed by atoms with Gasteiger partial charge in [0.15, 0.2) is 0 Å². The number of thioether (sulfide) groups is 1. The van der Waals surface area contributed by atoms with Crippen molar-refractivity contribution in [3.63, 3.8) is 0 Å². The van der Waals surface area contributed by atoms with Crippen molar-refractivity contribution in [2.75, 3.05) is 5.75 Å². The third-order valence-electron chi connectivity index (χ3n) is 3.23. The van der Waals surface area contributed by atoms with Gasteiger partial charge in [0.1, 0.15) is 6.04 Å². The van der Waals surface area contributed by atoms with Crippen molar-refractivity contribution in [2.24, 2.45) is 5.73 Å². The van der Waals surface area contributed by atoms with Gasteiger partial charge in [-0.15, -0.1) is 11.8 Å². The summed E-state index contributed by atoms with van der Waals surface area (Å²) >= 11 is 1.82. The van der Waals surface area contributed by atoms with Gasteiger partial charge in [0.05, 0.1) is 0 Å². The quantitative estimate of drug-likeness (QED) is 0.803. The van der Waals surface area contributed by atoms with Gasteiger partial charge in [0.2, 0.25) is 0 Å². The van der Waals surface area contributed by atoms with E-state index in [0.29, 0.717) is 6.42 Å². The highest BCUT2D eigenvalue weighted by Gasteiger charge is 2.11. The van der Waals surface area contributed by atoms with Gasteiger partial charge in [-0.2, -0.15) is 0 Å². The summed E-state index contributed by atoms with van der Waals surface area (Å²) in [6.45, 7) is 2.14. The highest BCUT2D eigenvalue weighted by molar-refractivity contribution is 7.99. The molecule has 3 N–H and O–H groups in total. The molecular weight excluding hydrogens is 282 g/mol. The van der Waals surface area contributed by atoms with Crippen molar-refractivity contribution in [3.05, 3.63) is 54.1 Å². The van der Waals surface area contributed by atoms with Crippen LogP contribution < -0.4 is 5.73 Å². The second-order valence-corrected chi connectivity index (χ2v) is 6.14. The summed E-state index contributed by atoms with van der Waals surface area (Å²) in [6, 6.07) is 15.5. The van der Waals surface area contributed by atoms with E-state index in [4.69, 9.17) is 10.8 Å². The van der Waals surface area contributed by atoms with Gasteiger partial charge in [-0.05, 0) is 41.0 Å². The zero-order valence-corrected chi connectivity index (χ0v) is 12.8. The van der Waals surface area contributed by atoms with Gasteiger partial charge in [-0.1, -0.05) is 43.3 Å². The lowest BCUT2D eigenvalue weighted by Gasteiger charge is -2.08. The molecule has 0 saturated heterocycles. The molecule has 110 valence electrons. The predicted molar refractivity (Wildman–Crippen MR) is 87.6 cm³/mol. The molecule has 0 heterocycles. The lowest BCUT2D eigenvalue weighted by atomic mass is 10.0. The molecule has 21 heavy (non-hydrogen) atoms. The van der Waals surface area contributed by atoms with Crippen molar-refractivity contribution < 1.29 is 9.90 Å². The Bertz CT molecular complexity index is 593. The number of benzene rings is 2. The Morgan fingerprint density at radius 3 is 2.10 bits per heavy atom. The van der Waals surface area contributed by atoms with Crippen molar-refractivity contribution >= 4 is 17.7 Å². The molecule has 0 bridgehead atoms. The minimum atomic E-state index is -0.969. The Hall–Kier alpha value is -1.78. The van der Waals surface area contributed by atoms with Crippen LogP contribution in [0.4, 0.5) is 0 Å². The Balaban J connectivity index is 2.09. The number of carbonyl (C=O) groups is 1. The van der Waals surface area contributed by atoms with Crippen LogP contribution in [-0.4, -0.2) is 22.9 Å². The highest BCUT2D eigenvalue weighted by Crippen LogP contribution is 2.24. The molecule has 0 saturated carbocycles. The smallest absolute Gasteiger partial charge is 0.320 e. The van der Waals surface area contributed by atoms with E-state index in [9.17, 15) is 4.79 Å². The number of nitrogens with two attached hydrogens (primary N) is 1. The second kappa shape index (κ2) is 7.29. The average molecular weight is 301 g/mol. The molecule has 3 nitrogen and oxygen atoms in total. The number of hydrogen-bond donors (Lipinski definition) is 2. The maximum absolute atomic E-state index is 10.8. The van der Waals surface area contributed by atoms with Gasteiger partial charge in [-0.25, -0.2) is 0 Å². The monoisotopic (exact) mass is 301 g/mol. The zero-order chi connectivity index (χ0) is 15.2. The van der Waals surface area contributed by atoms with E-state index < -0.39 is 12.0 Å². The van der Waals surface area contributed by atoms with Crippen LogP contribution in [0, 0.1) is 0 Å². The predicted octanol–water partition coefficient (Wildman–Crippen LogP) is 3.42. The molecule has 2 aromatic rings. The Morgan fingerprint density at radius 2 is 1.62 bits per heavy atom. The van der Waals surface area contributed by atoms with Crippen LogP contribution in [0.5, 0.6) is 0 Å². The number of rotatable bonds is 6. The lowest BCUT2D eigenvalue weighted by molar-refractivity contribution is -0.138. The maximum Gasteiger partial charge on any atom is 0.320 e. The number of carboxylic acids is 1. The molecule has 2 rings (SSSR count). The van der Waals surface area contributed by atoms with Crippen LogP contribution >= 0.6 is 11.8 Å².